The molecule has 0 heterocycles. The van der Waals surface area contributed by atoms with E-state index in [0.717, 1.165) is 22.1 Å². The number of rotatable bonds is 8. The molecule has 28 heavy (non-hydrogen) atoms. The Morgan fingerprint density at radius 1 is 0.750 bits per heavy atom. The Hall–Kier alpha value is -2.54. The zero-order valence-corrected chi connectivity index (χ0v) is 17.4. The summed E-state index contributed by atoms with van der Waals surface area (Å²) in [5.74, 6) is -3.21. The van der Waals surface area contributed by atoms with Crippen molar-refractivity contribution in [3.63, 3.8) is 0 Å². The van der Waals surface area contributed by atoms with Gasteiger partial charge in [-0.05, 0) is 0 Å². The Morgan fingerprint density at radius 2 is 1.18 bits per heavy atom. The topological polar surface area (TPSA) is 24.7 Å². The molecule has 0 aliphatic heterocycles. The van der Waals surface area contributed by atoms with Gasteiger partial charge in [0, 0.05) is 0 Å². The summed E-state index contributed by atoms with van der Waals surface area (Å²) in [5, 5.41) is 3.48. The second-order valence-electron chi connectivity index (χ2n) is 6.49. The number of aliphatic imine (C=N–C) groups is 2. The molecule has 0 fully saturated rings. The number of hydrogen-bond donors (Lipinski definition) is 0. The summed E-state index contributed by atoms with van der Waals surface area (Å²) in [6.07, 6.45) is 5.89. The van der Waals surface area contributed by atoms with Crippen LogP contribution in [0.4, 0.5) is 0 Å². The summed E-state index contributed by atoms with van der Waals surface area (Å²) < 4.78 is 0. The van der Waals surface area contributed by atoms with Crippen LogP contribution in [0.15, 0.2) is 113 Å². The fraction of sp³-hybridized carbons (Fsp3) is 0.0833. The van der Waals surface area contributed by atoms with Crippen LogP contribution in [0.5, 0.6) is 0 Å². The Balaban J connectivity index is 2.20. The monoisotopic (exact) mass is 406 g/mol. The van der Waals surface area contributed by atoms with Crippen LogP contribution in [0, 0.1) is 0 Å². The van der Waals surface area contributed by atoms with Gasteiger partial charge in [-0.15, -0.1) is 0 Å². The van der Waals surface area contributed by atoms with E-state index in [4.69, 9.17) is 11.2 Å². The van der Waals surface area contributed by atoms with Crippen molar-refractivity contribution in [1.29, 1.82) is 0 Å². The molecule has 0 unspecified atom stereocenters. The average molecular weight is 407 g/mol. The van der Waals surface area contributed by atoms with Crippen LogP contribution >= 0.6 is 17.2 Å². The molecule has 0 radical (unpaired) electrons. The van der Waals surface area contributed by atoms with E-state index >= 15 is 0 Å². The molecule has 0 saturated heterocycles. The van der Waals surface area contributed by atoms with Crippen LogP contribution in [-0.2, 0) is 0 Å². The summed E-state index contributed by atoms with van der Waals surface area (Å²) in [7, 11) is 0. The zero-order chi connectivity index (χ0) is 19.7. The predicted molar refractivity (Wildman–Crippen MR) is 128 cm³/mol. The van der Waals surface area contributed by atoms with Crippen LogP contribution < -0.4 is 15.9 Å². The van der Waals surface area contributed by atoms with Gasteiger partial charge in [-0.3, -0.25) is 0 Å². The molecule has 0 N–H and O–H groups in total. The number of hydrogen-bond acceptors (Lipinski definition) is 2. The molecule has 3 aromatic carbocycles. The van der Waals surface area contributed by atoms with E-state index in [-0.39, 0.29) is 0 Å². The number of nitrogens with zero attached hydrogens (tertiary/aromatic N) is 2. The number of benzene rings is 3. The molecule has 3 aromatic rings. The Bertz CT molecular complexity index is 854. The molecular formula is C24H24ClN2P. The quantitative estimate of drug-likeness (QED) is 0.373. The van der Waals surface area contributed by atoms with Gasteiger partial charge in [0.05, 0.1) is 0 Å². The molecule has 142 valence electrons. The average Bonchev–Trinajstić information content (AvgIpc) is 2.78. The maximum absolute atomic E-state index is 7.92. The molecule has 2 nitrogen and oxygen atoms in total. The molecule has 0 aromatic heterocycles. The van der Waals surface area contributed by atoms with Crippen molar-refractivity contribution >= 4 is 46.0 Å². The van der Waals surface area contributed by atoms with Crippen LogP contribution in [0.1, 0.15) is 0 Å². The van der Waals surface area contributed by atoms with Gasteiger partial charge in [0.25, 0.3) is 0 Å². The molecule has 0 atom stereocenters. The maximum atomic E-state index is 7.92. The van der Waals surface area contributed by atoms with Gasteiger partial charge in [-0.1, -0.05) is 0 Å². The second kappa shape index (κ2) is 9.10. The van der Waals surface area contributed by atoms with E-state index in [1.165, 1.54) is 0 Å². The van der Waals surface area contributed by atoms with Crippen LogP contribution in [-0.4, -0.2) is 25.6 Å². The van der Waals surface area contributed by atoms with Crippen molar-refractivity contribution in [1.82, 2.24) is 0 Å². The molecule has 0 aliphatic carbocycles. The normalized spacial score (nSPS) is 13.4. The molecular weight excluding hydrogens is 383 g/mol. The Labute approximate surface area is 172 Å². The van der Waals surface area contributed by atoms with Gasteiger partial charge in [0.15, 0.2) is 0 Å². The van der Waals surface area contributed by atoms with E-state index < -0.39 is 5.96 Å². The van der Waals surface area contributed by atoms with Gasteiger partial charge < -0.3 is 0 Å². The fourth-order valence-electron chi connectivity index (χ4n) is 3.53. The van der Waals surface area contributed by atoms with Crippen LogP contribution in [0.25, 0.3) is 0 Å². The van der Waals surface area contributed by atoms with Gasteiger partial charge in [0.1, 0.15) is 0 Å². The Morgan fingerprint density at radius 3 is 1.57 bits per heavy atom. The van der Waals surface area contributed by atoms with E-state index in [9.17, 15) is 0 Å². The van der Waals surface area contributed by atoms with Crippen molar-refractivity contribution in [2.45, 2.75) is 0 Å². The SMILES string of the molecule is C=N/C=C\C=N/CCP(Cl)(c1ccccc1)(c1ccccc1)c1ccccc1. The minimum atomic E-state index is -3.21. The summed E-state index contributed by atoms with van der Waals surface area (Å²) in [6.45, 7) is 4.05. The molecule has 0 bridgehead atoms. The molecule has 0 aliphatic rings. The molecule has 0 amide bonds. The van der Waals surface area contributed by atoms with Crippen LogP contribution in [0.3, 0.4) is 0 Å². The molecule has 0 saturated carbocycles. The summed E-state index contributed by atoms with van der Waals surface area (Å²) >= 11 is 7.92. The van der Waals surface area contributed by atoms with Gasteiger partial charge in [-0.2, -0.15) is 0 Å². The molecule has 3 rings (SSSR count). The predicted octanol–water partition coefficient (Wildman–Crippen LogP) is 4.96. The van der Waals surface area contributed by atoms with Crippen molar-refractivity contribution < 1.29 is 0 Å². The standard InChI is InChI=1S/C24H24ClN2P/c1-26-18-11-19-27-20-21-28(25,22-12-5-2-6-13-22,23-14-7-3-8-15-23)24-16-9-4-10-17-24/h2-19H,1,20-21H2/b18-11-,27-19-. The van der Waals surface area contributed by atoms with E-state index in [0.29, 0.717) is 6.54 Å². The van der Waals surface area contributed by atoms with E-state index in [1.54, 1.807) is 18.5 Å². The third kappa shape index (κ3) is 3.85. The Kier molecular flexibility index (Phi) is 6.57. The summed E-state index contributed by atoms with van der Waals surface area (Å²) in [5.41, 5.74) is 0. The second-order valence-corrected chi connectivity index (χ2v) is 13.1. The van der Waals surface area contributed by atoms with Gasteiger partial charge in [-0.25, -0.2) is 0 Å². The number of allylic oxidation sites excluding steroid dienone is 1. The van der Waals surface area contributed by atoms with Crippen LogP contribution in [0.2, 0.25) is 0 Å². The third-order valence-corrected chi connectivity index (χ3v) is 12.3. The first-order chi connectivity index (χ1) is 13.7. The van der Waals surface area contributed by atoms with E-state index in [2.05, 4.69) is 89.5 Å². The fourth-order valence-corrected chi connectivity index (χ4v) is 9.31. The molecule has 0 spiro atoms. The van der Waals surface area contributed by atoms with Crippen molar-refractivity contribution in [3.05, 3.63) is 103 Å². The number of halogens is 1. The first kappa shape index (κ1) is 20.2. The minimum absolute atomic E-state index is 0.613. The summed E-state index contributed by atoms with van der Waals surface area (Å²) in [4.78, 5) is 8.26. The van der Waals surface area contributed by atoms with Gasteiger partial charge in [0.2, 0.25) is 0 Å². The molecule has 4 heteroatoms. The van der Waals surface area contributed by atoms with Crippen molar-refractivity contribution in [2.75, 3.05) is 12.7 Å². The van der Waals surface area contributed by atoms with Crippen molar-refractivity contribution in [3.8, 4) is 0 Å². The first-order valence-electron chi connectivity index (χ1n) is 9.20. The summed E-state index contributed by atoms with van der Waals surface area (Å²) in [6, 6.07) is 31.4. The zero-order valence-electron chi connectivity index (χ0n) is 15.7. The van der Waals surface area contributed by atoms with Gasteiger partial charge >= 0.3 is 172 Å². The first-order valence-corrected chi connectivity index (χ1v) is 12.5. The third-order valence-electron chi connectivity index (χ3n) is 4.92. The van der Waals surface area contributed by atoms with E-state index in [1.807, 2.05) is 18.2 Å². The van der Waals surface area contributed by atoms with Crippen molar-refractivity contribution in [2.24, 2.45) is 9.98 Å².